The summed E-state index contributed by atoms with van der Waals surface area (Å²) in [6.45, 7) is 2.26. The lowest BCUT2D eigenvalue weighted by atomic mass is 10.2. The highest BCUT2D eigenvalue weighted by Crippen LogP contribution is 2.22. The van der Waals surface area contributed by atoms with Crippen molar-refractivity contribution >= 4 is 15.7 Å². The molecule has 0 unspecified atom stereocenters. The van der Waals surface area contributed by atoms with Crippen LogP contribution >= 0.6 is 0 Å². The number of rotatable bonds is 5. The molecular formula is C17H15N3O4S. The number of hydrogen-bond acceptors (Lipinski definition) is 5. The molecule has 0 aliphatic heterocycles. The molecule has 3 aromatic rings. The Kier molecular flexibility index (Phi) is 4.37. The molecule has 8 heteroatoms. The molecule has 7 nitrogen and oxygen atoms in total. The molecule has 0 bridgehead atoms. The van der Waals surface area contributed by atoms with Crippen molar-refractivity contribution in [3.63, 3.8) is 0 Å². The van der Waals surface area contributed by atoms with Crippen LogP contribution in [0.25, 0.3) is 0 Å². The van der Waals surface area contributed by atoms with Gasteiger partial charge in [0, 0.05) is 0 Å². The lowest BCUT2D eigenvalue weighted by Gasteiger charge is -2.07. The van der Waals surface area contributed by atoms with E-state index in [0.29, 0.717) is 6.54 Å². The molecule has 1 aromatic heterocycles. The second kappa shape index (κ2) is 6.48. The van der Waals surface area contributed by atoms with E-state index in [1.807, 2.05) is 6.92 Å². The maximum Gasteiger partial charge on any atom is 0.381 e. The Morgan fingerprint density at radius 2 is 1.60 bits per heavy atom. The number of aryl methyl sites for hydroxylation is 1. The Morgan fingerprint density at radius 1 is 1.04 bits per heavy atom. The monoisotopic (exact) mass is 357 g/mol. The number of imidazole rings is 1. The van der Waals surface area contributed by atoms with Gasteiger partial charge in [-0.15, -0.1) is 0 Å². The van der Waals surface area contributed by atoms with Gasteiger partial charge < -0.3 is 14.7 Å². The lowest BCUT2D eigenvalue weighted by Crippen LogP contribution is -2.03. The van der Waals surface area contributed by atoms with Crippen molar-refractivity contribution in [2.45, 2.75) is 23.3 Å². The topological polar surface area (TPSA) is 95.1 Å². The van der Waals surface area contributed by atoms with Crippen LogP contribution in [0, 0.1) is 17.0 Å². The third kappa shape index (κ3) is 3.58. The highest BCUT2D eigenvalue weighted by Gasteiger charge is 2.17. The van der Waals surface area contributed by atoms with Gasteiger partial charge in [-0.25, -0.2) is 8.42 Å². The smallest absolute Gasteiger partial charge is 0.358 e. The zero-order valence-corrected chi connectivity index (χ0v) is 14.2. The molecule has 0 radical (unpaired) electrons. The minimum Gasteiger partial charge on any atom is -0.358 e. The fraction of sp³-hybridized carbons (Fsp3) is 0.118. The second-order valence-corrected chi connectivity index (χ2v) is 7.57. The van der Waals surface area contributed by atoms with E-state index >= 15 is 0 Å². The maximum atomic E-state index is 12.6. The van der Waals surface area contributed by atoms with Crippen molar-refractivity contribution in [2.24, 2.45) is 0 Å². The lowest BCUT2D eigenvalue weighted by molar-refractivity contribution is -0.389. The van der Waals surface area contributed by atoms with E-state index in [2.05, 4.69) is 4.98 Å². The van der Waals surface area contributed by atoms with Crippen LogP contribution in [0.5, 0.6) is 0 Å². The van der Waals surface area contributed by atoms with Crippen molar-refractivity contribution in [2.75, 3.05) is 0 Å². The molecule has 128 valence electrons. The Hall–Kier alpha value is -3.00. The van der Waals surface area contributed by atoms with E-state index in [4.69, 9.17) is 0 Å². The SMILES string of the molecule is Cc1ccc(S(=O)(=O)c2ccc(Cn3cnc([N+](=O)[O-])c3)cc2)cc1. The molecule has 0 saturated carbocycles. The van der Waals surface area contributed by atoms with Crippen LogP contribution < -0.4 is 0 Å². The number of sulfone groups is 1. The highest BCUT2D eigenvalue weighted by molar-refractivity contribution is 7.91. The van der Waals surface area contributed by atoms with Crippen LogP contribution in [-0.4, -0.2) is 22.9 Å². The van der Waals surface area contributed by atoms with Crippen LogP contribution in [0.4, 0.5) is 5.82 Å². The van der Waals surface area contributed by atoms with Gasteiger partial charge in [0.2, 0.25) is 16.2 Å². The molecule has 0 aliphatic rings. The van der Waals surface area contributed by atoms with Gasteiger partial charge in [0.15, 0.2) is 0 Å². The standard InChI is InChI=1S/C17H15N3O4S/c1-13-2-6-15(7-3-13)25(23,24)16-8-4-14(5-9-16)10-19-11-17(18-12-19)20(21)22/h2-9,11-12H,10H2,1H3. The number of nitrogens with zero attached hydrogens (tertiary/aromatic N) is 3. The summed E-state index contributed by atoms with van der Waals surface area (Å²) < 4.78 is 26.8. The maximum absolute atomic E-state index is 12.6. The van der Waals surface area contributed by atoms with Crippen LogP contribution in [0.15, 0.2) is 70.8 Å². The van der Waals surface area contributed by atoms with Crippen LogP contribution in [-0.2, 0) is 16.4 Å². The van der Waals surface area contributed by atoms with Gasteiger partial charge in [-0.05, 0) is 46.7 Å². The third-order valence-electron chi connectivity index (χ3n) is 3.74. The molecule has 0 N–H and O–H groups in total. The van der Waals surface area contributed by atoms with E-state index in [0.717, 1.165) is 11.1 Å². The normalized spacial score (nSPS) is 11.4. The van der Waals surface area contributed by atoms with E-state index in [1.165, 1.54) is 24.7 Å². The summed E-state index contributed by atoms with van der Waals surface area (Å²) >= 11 is 0. The summed E-state index contributed by atoms with van der Waals surface area (Å²) in [7, 11) is -3.56. The van der Waals surface area contributed by atoms with Gasteiger partial charge in [-0.1, -0.05) is 29.8 Å². The first-order valence-corrected chi connectivity index (χ1v) is 8.91. The van der Waals surface area contributed by atoms with Crippen molar-refractivity contribution < 1.29 is 13.3 Å². The largest absolute Gasteiger partial charge is 0.381 e. The van der Waals surface area contributed by atoms with Gasteiger partial charge in [-0.2, -0.15) is 0 Å². The quantitative estimate of drug-likeness (QED) is 0.517. The highest BCUT2D eigenvalue weighted by atomic mass is 32.2. The zero-order valence-electron chi connectivity index (χ0n) is 13.4. The van der Waals surface area contributed by atoms with Gasteiger partial charge >= 0.3 is 5.82 Å². The molecule has 2 aromatic carbocycles. The van der Waals surface area contributed by atoms with E-state index < -0.39 is 14.8 Å². The molecule has 0 atom stereocenters. The first kappa shape index (κ1) is 16.8. The Bertz CT molecular complexity index is 1010. The minimum absolute atomic E-state index is 0.205. The Labute approximate surface area is 144 Å². The van der Waals surface area contributed by atoms with Crippen LogP contribution in [0.1, 0.15) is 11.1 Å². The zero-order chi connectivity index (χ0) is 18.0. The average molecular weight is 357 g/mol. The molecular weight excluding hydrogens is 342 g/mol. The fourth-order valence-corrected chi connectivity index (χ4v) is 3.63. The van der Waals surface area contributed by atoms with Crippen molar-refractivity contribution in [3.8, 4) is 0 Å². The van der Waals surface area contributed by atoms with Crippen molar-refractivity contribution in [1.82, 2.24) is 9.55 Å². The predicted molar refractivity (Wildman–Crippen MR) is 91.1 cm³/mol. The summed E-state index contributed by atoms with van der Waals surface area (Å²) in [4.78, 5) is 14.2. The predicted octanol–water partition coefficient (Wildman–Crippen LogP) is 2.98. The summed E-state index contributed by atoms with van der Waals surface area (Å²) in [5.74, 6) is -0.224. The van der Waals surface area contributed by atoms with Gasteiger partial charge in [0.05, 0.1) is 16.3 Å². The number of hydrogen-bond donors (Lipinski definition) is 0. The Balaban J connectivity index is 1.81. The second-order valence-electron chi connectivity index (χ2n) is 5.62. The number of benzene rings is 2. The molecule has 0 spiro atoms. The molecule has 1 heterocycles. The molecule has 0 aliphatic carbocycles. The summed E-state index contributed by atoms with van der Waals surface area (Å²) in [6.07, 6.45) is 2.70. The molecule has 0 saturated heterocycles. The third-order valence-corrected chi connectivity index (χ3v) is 5.52. The molecule has 0 fully saturated rings. The number of aromatic nitrogens is 2. The fourth-order valence-electron chi connectivity index (χ4n) is 2.37. The molecule has 0 amide bonds. The van der Waals surface area contributed by atoms with Crippen molar-refractivity contribution in [3.05, 3.63) is 82.3 Å². The average Bonchev–Trinajstić information content (AvgIpc) is 3.04. The number of nitro groups is 1. The minimum atomic E-state index is -3.56. The van der Waals surface area contributed by atoms with Gasteiger partial charge in [-0.3, -0.25) is 0 Å². The molecule has 3 rings (SSSR count). The van der Waals surface area contributed by atoms with Crippen LogP contribution in [0.2, 0.25) is 0 Å². The van der Waals surface area contributed by atoms with Crippen LogP contribution in [0.3, 0.4) is 0 Å². The summed E-state index contributed by atoms with van der Waals surface area (Å²) in [5.41, 5.74) is 1.80. The van der Waals surface area contributed by atoms with Gasteiger partial charge in [0.1, 0.15) is 6.20 Å². The first-order chi connectivity index (χ1) is 11.9. The Morgan fingerprint density at radius 3 is 2.12 bits per heavy atom. The van der Waals surface area contributed by atoms with E-state index in [9.17, 15) is 18.5 Å². The summed E-state index contributed by atoms with van der Waals surface area (Å²) in [6, 6.07) is 13.1. The van der Waals surface area contributed by atoms with E-state index in [-0.39, 0.29) is 15.6 Å². The van der Waals surface area contributed by atoms with Crippen molar-refractivity contribution in [1.29, 1.82) is 0 Å². The summed E-state index contributed by atoms with van der Waals surface area (Å²) in [5, 5.41) is 10.6. The first-order valence-electron chi connectivity index (χ1n) is 7.43. The van der Waals surface area contributed by atoms with E-state index in [1.54, 1.807) is 41.0 Å². The molecule has 25 heavy (non-hydrogen) atoms. The van der Waals surface area contributed by atoms with Gasteiger partial charge in [0.25, 0.3) is 0 Å².